The van der Waals surface area contributed by atoms with Gasteiger partial charge in [-0.1, -0.05) is 0 Å². The molecule has 11 nitrogen and oxygen atoms in total. The van der Waals surface area contributed by atoms with E-state index in [1.54, 1.807) is 20.8 Å². The third kappa shape index (κ3) is 4.61. The second-order valence-corrected chi connectivity index (χ2v) is 10.2. The van der Waals surface area contributed by atoms with Gasteiger partial charge in [0.05, 0.1) is 28.7 Å². The van der Waals surface area contributed by atoms with Crippen LogP contribution in [-0.2, 0) is 10.0 Å². The number of carbonyl (C=O) groups is 2. The number of benzene rings is 1. The lowest BCUT2D eigenvalue weighted by Crippen LogP contribution is -2.53. The van der Waals surface area contributed by atoms with Crippen molar-refractivity contribution in [2.24, 2.45) is 0 Å². The van der Waals surface area contributed by atoms with Crippen molar-refractivity contribution in [2.75, 3.05) is 33.3 Å². The molecular formula is C22H28N4O7S. The van der Waals surface area contributed by atoms with Crippen molar-refractivity contribution in [3.8, 4) is 5.75 Å². The number of rotatable bonds is 8. The van der Waals surface area contributed by atoms with Gasteiger partial charge in [-0.25, -0.2) is 8.42 Å². The van der Waals surface area contributed by atoms with Crippen LogP contribution in [0.2, 0.25) is 0 Å². The number of nitrogens with zero attached hydrogens (tertiary/aromatic N) is 3. The average molecular weight is 493 g/mol. The standard InChI is InChI=1S/C22H28N4O7S/c1-13-20(16(4)27)14(2)23-21(13)22(28)15(3)24-8-10-25(11-9-24)34(31,32)17-6-7-19(33-5)18(12-17)26(29)30/h6-7,12,15,23H,8-11H2,1-5H3/t15-/m0/s1. The van der Waals surface area contributed by atoms with E-state index >= 15 is 0 Å². The van der Waals surface area contributed by atoms with Gasteiger partial charge >= 0.3 is 5.69 Å². The van der Waals surface area contributed by atoms with Crippen LogP contribution in [0.3, 0.4) is 0 Å². The van der Waals surface area contributed by atoms with Crippen LogP contribution < -0.4 is 4.74 Å². The maximum atomic E-state index is 13.1. The first-order chi connectivity index (χ1) is 15.9. The smallest absolute Gasteiger partial charge is 0.312 e. The van der Waals surface area contributed by atoms with Crippen molar-refractivity contribution in [2.45, 2.75) is 38.6 Å². The van der Waals surface area contributed by atoms with E-state index in [0.717, 1.165) is 6.07 Å². The summed E-state index contributed by atoms with van der Waals surface area (Å²) in [6, 6.07) is 3.01. The lowest BCUT2D eigenvalue weighted by Gasteiger charge is -2.36. The topological polar surface area (TPSA) is 143 Å². The van der Waals surface area contributed by atoms with Gasteiger partial charge in [0.15, 0.2) is 17.3 Å². The van der Waals surface area contributed by atoms with Crippen LogP contribution >= 0.6 is 0 Å². The predicted octanol–water partition coefficient (Wildman–Crippen LogP) is 2.33. The second-order valence-electron chi connectivity index (χ2n) is 8.25. The van der Waals surface area contributed by atoms with Crippen LogP contribution in [0.25, 0.3) is 0 Å². The fourth-order valence-corrected chi connectivity index (χ4v) is 5.80. The Kier molecular flexibility index (Phi) is 7.24. The van der Waals surface area contributed by atoms with Crippen molar-refractivity contribution >= 4 is 27.3 Å². The van der Waals surface area contributed by atoms with E-state index in [1.165, 1.54) is 30.5 Å². The highest BCUT2D eigenvalue weighted by Crippen LogP contribution is 2.31. The van der Waals surface area contributed by atoms with Gasteiger partial charge in [-0.05, 0) is 45.4 Å². The molecule has 0 saturated carbocycles. The third-order valence-corrected chi connectivity index (χ3v) is 8.12. The normalized spacial score (nSPS) is 16.3. The van der Waals surface area contributed by atoms with Gasteiger partial charge in [-0.2, -0.15) is 4.31 Å². The lowest BCUT2D eigenvalue weighted by molar-refractivity contribution is -0.386. The minimum absolute atomic E-state index is 0.0242. The zero-order valence-electron chi connectivity index (χ0n) is 19.7. The van der Waals surface area contributed by atoms with Gasteiger partial charge in [0.2, 0.25) is 10.0 Å². The highest BCUT2D eigenvalue weighted by Gasteiger charge is 2.34. The van der Waals surface area contributed by atoms with Crippen LogP contribution in [0.5, 0.6) is 5.75 Å². The number of nitro benzene ring substituents is 1. The number of hydrogen-bond acceptors (Lipinski definition) is 8. The first-order valence-electron chi connectivity index (χ1n) is 10.7. The molecule has 1 atom stereocenters. The van der Waals surface area contributed by atoms with Crippen molar-refractivity contribution in [1.82, 2.24) is 14.2 Å². The minimum atomic E-state index is -3.97. The number of aromatic amines is 1. The van der Waals surface area contributed by atoms with Crippen LogP contribution in [0, 0.1) is 24.0 Å². The number of hydrogen-bond donors (Lipinski definition) is 1. The Balaban J connectivity index is 1.74. The maximum Gasteiger partial charge on any atom is 0.312 e. The second kappa shape index (κ2) is 9.65. The fraction of sp³-hybridized carbons (Fsp3) is 0.455. The average Bonchev–Trinajstić information content (AvgIpc) is 3.11. The lowest BCUT2D eigenvalue weighted by atomic mass is 10.0. The molecule has 0 unspecified atom stereocenters. The number of ether oxygens (including phenoxy) is 1. The summed E-state index contributed by atoms with van der Waals surface area (Å²) in [6.07, 6.45) is 0. The van der Waals surface area contributed by atoms with Gasteiger partial charge in [0, 0.05) is 43.5 Å². The number of carbonyl (C=O) groups excluding carboxylic acids is 2. The summed E-state index contributed by atoms with van der Waals surface area (Å²) in [5.41, 5.74) is 1.73. The van der Waals surface area contributed by atoms with E-state index in [0.29, 0.717) is 35.6 Å². The molecule has 1 saturated heterocycles. The number of aromatic nitrogens is 1. The molecule has 184 valence electrons. The number of sulfonamides is 1. The first kappa shape index (κ1) is 25.5. The number of Topliss-reactive ketones (excluding diaryl/α,β-unsaturated/α-hetero) is 2. The molecule has 3 rings (SSSR count). The molecular weight excluding hydrogens is 464 g/mol. The summed E-state index contributed by atoms with van der Waals surface area (Å²) in [6.45, 7) is 7.56. The van der Waals surface area contributed by atoms with Gasteiger partial charge in [0.25, 0.3) is 0 Å². The van der Waals surface area contributed by atoms with Crippen molar-refractivity contribution in [3.63, 3.8) is 0 Å². The Labute approximate surface area is 197 Å². The van der Waals surface area contributed by atoms with E-state index in [1.807, 2.05) is 4.90 Å². The summed E-state index contributed by atoms with van der Waals surface area (Å²) in [5, 5.41) is 11.3. The summed E-state index contributed by atoms with van der Waals surface area (Å²) in [4.78, 5) is 40.3. The van der Waals surface area contributed by atoms with E-state index in [2.05, 4.69) is 4.98 Å². The van der Waals surface area contributed by atoms with E-state index < -0.39 is 26.7 Å². The summed E-state index contributed by atoms with van der Waals surface area (Å²) < 4.78 is 32.4. The number of aryl methyl sites for hydroxylation is 1. The van der Waals surface area contributed by atoms with Crippen molar-refractivity contribution < 1.29 is 27.7 Å². The largest absolute Gasteiger partial charge is 0.490 e. The maximum absolute atomic E-state index is 13.1. The molecule has 12 heteroatoms. The number of ketones is 2. The molecule has 1 aliphatic heterocycles. The molecule has 0 bridgehead atoms. The molecule has 0 aliphatic carbocycles. The number of H-pyrrole nitrogens is 1. The monoisotopic (exact) mass is 492 g/mol. The summed E-state index contributed by atoms with van der Waals surface area (Å²) in [7, 11) is -2.69. The van der Waals surface area contributed by atoms with Crippen LogP contribution in [0.15, 0.2) is 23.1 Å². The molecule has 2 heterocycles. The van der Waals surface area contributed by atoms with Crippen molar-refractivity contribution in [1.29, 1.82) is 0 Å². The van der Waals surface area contributed by atoms with E-state index in [4.69, 9.17) is 4.74 Å². The van der Waals surface area contributed by atoms with Gasteiger partial charge < -0.3 is 9.72 Å². The van der Waals surface area contributed by atoms with Crippen LogP contribution in [-0.4, -0.2) is 78.4 Å². The molecule has 0 radical (unpaired) electrons. The molecule has 1 aromatic carbocycles. The molecule has 1 aromatic heterocycles. The van der Waals surface area contributed by atoms with Crippen LogP contribution in [0.4, 0.5) is 5.69 Å². The zero-order chi connectivity index (χ0) is 25.4. The fourth-order valence-electron chi connectivity index (χ4n) is 4.35. The van der Waals surface area contributed by atoms with Gasteiger partial charge in [-0.3, -0.25) is 24.6 Å². The van der Waals surface area contributed by atoms with E-state index in [-0.39, 0.29) is 35.3 Å². The number of piperazine rings is 1. The minimum Gasteiger partial charge on any atom is -0.490 e. The third-order valence-electron chi connectivity index (χ3n) is 6.22. The molecule has 1 N–H and O–H groups in total. The molecule has 0 spiro atoms. The summed E-state index contributed by atoms with van der Waals surface area (Å²) in [5.74, 6) is -0.311. The predicted molar refractivity (Wildman–Crippen MR) is 124 cm³/mol. The SMILES string of the molecule is COc1ccc(S(=O)(=O)N2CCN([C@@H](C)C(=O)c3[nH]c(C)c(C(C)=O)c3C)CC2)cc1[N+](=O)[O-]. The van der Waals surface area contributed by atoms with Crippen LogP contribution in [0.1, 0.15) is 46.0 Å². The number of nitrogens with one attached hydrogen (secondary N) is 1. The summed E-state index contributed by atoms with van der Waals surface area (Å²) >= 11 is 0. The van der Waals surface area contributed by atoms with Gasteiger partial charge in [-0.15, -0.1) is 0 Å². The highest BCUT2D eigenvalue weighted by atomic mass is 32.2. The molecule has 0 amide bonds. The Bertz CT molecular complexity index is 1240. The molecule has 1 fully saturated rings. The Morgan fingerprint density at radius 2 is 1.79 bits per heavy atom. The molecule has 34 heavy (non-hydrogen) atoms. The van der Waals surface area contributed by atoms with Crippen molar-refractivity contribution in [3.05, 3.63) is 50.8 Å². The number of methoxy groups -OCH3 is 1. The Hall–Kier alpha value is -3.09. The highest BCUT2D eigenvalue weighted by molar-refractivity contribution is 7.89. The number of nitro groups is 1. The first-order valence-corrected chi connectivity index (χ1v) is 12.1. The van der Waals surface area contributed by atoms with Gasteiger partial charge in [0.1, 0.15) is 0 Å². The molecule has 1 aliphatic rings. The Morgan fingerprint density at radius 1 is 1.18 bits per heavy atom. The zero-order valence-corrected chi connectivity index (χ0v) is 20.6. The van der Waals surface area contributed by atoms with E-state index in [9.17, 15) is 28.1 Å². The quantitative estimate of drug-likeness (QED) is 0.336. The Morgan fingerprint density at radius 3 is 2.29 bits per heavy atom. The molecule has 2 aromatic rings.